The molecule has 1 aliphatic carbocycles. The summed E-state index contributed by atoms with van der Waals surface area (Å²) in [7, 11) is 0. The molecule has 0 aliphatic heterocycles. The van der Waals surface area contributed by atoms with Crippen molar-refractivity contribution in [2.75, 3.05) is 41.8 Å². The van der Waals surface area contributed by atoms with Crippen LogP contribution in [0, 0.1) is 5.92 Å². The van der Waals surface area contributed by atoms with E-state index in [1.807, 2.05) is 12.1 Å². The Morgan fingerprint density at radius 3 is 2.52 bits per heavy atom. The summed E-state index contributed by atoms with van der Waals surface area (Å²) in [6.07, 6.45) is 2.85. The molecule has 0 saturated heterocycles. The first-order valence-electron chi connectivity index (χ1n) is 11.2. The van der Waals surface area contributed by atoms with Gasteiger partial charge < -0.3 is 20.3 Å². The van der Waals surface area contributed by atoms with Crippen LogP contribution in [-0.2, 0) is 22.4 Å². The smallest absolute Gasteiger partial charge is 0.341 e. The molecule has 2 aromatic rings. The number of hydrogen-bond acceptors (Lipinski definition) is 6. The fraction of sp³-hybridized carbons (Fsp3) is 0.500. The summed E-state index contributed by atoms with van der Waals surface area (Å²) >= 11 is 1.51. The summed E-state index contributed by atoms with van der Waals surface area (Å²) in [6.45, 7) is 10.6. The van der Waals surface area contributed by atoms with Gasteiger partial charge >= 0.3 is 5.97 Å². The van der Waals surface area contributed by atoms with E-state index in [4.69, 9.17) is 4.74 Å². The van der Waals surface area contributed by atoms with Gasteiger partial charge in [-0.2, -0.15) is 0 Å². The topological polar surface area (TPSA) is 70.7 Å². The van der Waals surface area contributed by atoms with E-state index in [1.54, 1.807) is 6.92 Å². The van der Waals surface area contributed by atoms with Crippen molar-refractivity contribution in [2.24, 2.45) is 5.92 Å². The van der Waals surface area contributed by atoms with E-state index in [0.29, 0.717) is 23.1 Å². The number of nitrogens with one attached hydrogen (secondary N) is 2. The molecule has 31 heavy (non-hydrogen) atoms. The first-order chi connectivity index (χ1) is 15.0. The Bertz CT molecular complexity index is 904. The summed E-state index contributed by atoms with van der Waals surface area (Å²) in [5, 5.41) is 6.73. The van der Waals surface area contributed by atoms with Crippen LogP contribution in [0.5, 0.6) is 0 Å². The molecule has 0 radical (unpaired) electrons. The number of anilines is 3. The first kappa shape index (κ1) is 23.1. The minimum atomic E-state index is -0.343. The van der Waals surface area contributed by atoms with Crippen LogP contribution in [0.15, 0.2) is 24.3 Å². The number of thiophene rings is 1. The third-order valence-electron chi connectivity index (χ3n) is 5.69. The lowest BCUT2D eigenvalue weighted by Crippen LogP contribution is -2.23. The molecule has 1 unspecified atom stereocenters. The van der Waals surface area contributed by atoms with Crippen molar-refractivity contribution in [2.45, 2.75) is 47.0 Å². The van der Waals surface area contributed by atoms with Crippen LogP contribution in [0.2, 0.25) is 0 Å². The highest BCUT2D eigenvalue weighted by Crippen LogP contribution is 2.40. The number of amides is 1. The monoisotopic (exact) mass is 443 g/mol. The lowest BCUT2D eigenvalue weighted by Gasteiger charge is -2.21. The van der Waals surface area contributed by atoms with Crippen LogP contribution < -0.4 is 15.5 Å². The molecular weight excluding hydrogens is 410 g/mol. The average molecular weight is 444 g/mol. The Morgan fingerprint density at radius 1 is 1.16 bits per heavy atom. The van der Waals surface area contributed by atoms with Crippen LogP contribution in [0.25, 0.3) is 0 Å². The number of benzene rings is 1. The number of ether oxygens (including phenoxy) is 1. The van der Waals surface area contributed by atoms with Crippen LogP contribution in [0.3, 0.4) is 0 Å². The largest absolute Gasteiger partial charge is 0.462 e. The van der Waals surface area contributed by atoms with Gasteiger partial charge in [0.15, 0.2) is 0 Å². The highest BCUT2D eigenvalue weighted by molar-refractivity contribution is 7.17. The van der Waals surface area contributed by atoms with Gasteiger partial charge in [0.1, 0.15) is 5.00 Å². The third-order valence-corrected chi connectivity index (χ3v) is 6.86. The van der Waals surface area contributed by atoms with Gasteiger partial charge in [-0.15, -0.1) is 11.3 Å². The molecule has 1 amide bonds. The summed E-state index contributed by atoms with van der Waals surface area (Å²) in [4.78, 5) is 28.7. The van der Waals surface area contributed by atoms with Gasteiger partial charge in [-0.25, -0.2) is 4.79 Å². The highest BCUT2D eigenvalue weighted by atomic mass is 32.1. The van der Waals surface area contributed by atoms with Gasteiger partial charge in [-0.05, 0) is 75.8 Å². The third kappa shape index (κ3) is 5.58. The Kier molecular flexibility index (Phi) is 7.96. The van der Waals surface area contributed by atoms with Crippen LogP contribution in [0.4, 0.5) is 16.4 Å². The second kappa shape index (κ2) is 10.7. The minimum absolute atomic E-state index is 0.131. The second-order valence-corrected chi connectivity index (χ2v) is 9.00. The van der Waals surface area contributed by atoms with Crippen molar-refractivity contribution in [3.63, 3.8) is 0 Å². The number of carbonyl (C=O) groups is 2. The second-order valence-electron chi connectivity index (χ2n) is 7.90. The molecule has 0 fully saturated rings. The molecule has 1 aromatic heterocycles. The molecule has 0 saturated carbocycles. The molecule has 1 heterocycles. The van der Waals surface area contributed by atoms with Crippen molar-refractivity contribution in [3.05, 3.63) is 40.3 Å². The number of rotatable bonds is 9. The van der Waals surface area contributed by atoms with Crippen molar-refractivity contribution in [1.82, 2.24) is 0 Å². The van der Waals surface area contributed by atoms with Crippen molar-refractivity contribution in [1.29, 1.82) is 0 Å². The van der Waals surface area contributed by atoms with E-state index in [9.17, 15) is 9.59 Å². The highest BCUT2D eigenvalue weighted by Gasteiger charge is 2.29. The summed E-state index contributed by atoms with van der Waals surface area (Å²) < 4.78 is 5.28. The number of hydrogen-bond donors (Lipinski definition) is 2. The molecular formula is C24H33N3O3S. The zero-order valence-corrected chi connectivity index (χ0v) is 19.7. The predicted octanol–water partition coefficient (Wildman–Crippen LogP) is 4.95. The predicted molar refractivity (Wildman–Crippen MR) is 129 cm³/mol. The number of nitrogens with zero attached hydrogens (tertiary/aromatic N) is 1. The van der Waals surface area contributed by atoms with Gasteiger partial charge in [0, 0.05) is 29.3 Å². The summed E-state index contributed by atoms with van der Waals surface area (Å²) in [5.41, 5.74) is 3.65. The quantitative estimate of drug-likeness (QED) is 0.537. The van der Waals surface area contributed by atoms with E-state index in [-0.39, 0.29) is 18.4 Å². The normalized spacial score (nSPS) is 15.2. The molecule has 0 spiro atoms. The maximum absolute atomic E-state index is 12.6. The van der Waals surface area contributed by atoms with Crippen molar-refractivity contribution in [3.8, 4) is 0 Å². The Labute approximate surface area is 189 Å². The molecule has 7 heteroatoms. The van der Waals surface area contributed by atoms with Gasteiger partial charge in [0.2, 0.25) is 5.91 Å². The molecule has 168 valence electrons. The van der Waals surface area contributed by atoms with Crippen LogP contribution in [-0.4, -0.2) is 38.1 Å². The lowest BCUT2D eigenvalue weighted by atomic mass is 9.88. The number of fused-ring (bicyclic) bond motifs is 1. The maximum Gasteiger partial charge on any atom is 0.341 e. The van der Waals surface area contributed by atoms with E-state index in [0.717, 1.165) is 49.3 Å². The van der Waals surface area contributed by atoms with Crippen molar-refractivity contribution >= 4 is 39.6 Å². The van der Waals surface area contributed by atoms with E-state index in [1.165, 1.54) is 16.2 Å². The standard InChI is InChI=1S/C24H33N3O3S/c1-5-27(6-2)18-11-9-17(10-12-18)25-15-21(28)26-23-22(24(29)30-7-3)19-13-8-16(4)14-20(19)31-23/h9-12,16,25H,5-8,13-15H2,1-4H3,(H,26,28). The van der Waals surface area contributed by atoms with E-state index >= 15 is 0 Å². The van der Waals surface area contributed by atoms with E-state index in [2.05, 4.69) is 48.4 Å². The Morgan fingerprint density at radius 2 is 1.87 bits per heavy atom. The molecule has 3 rings (SSSR count). The SMILES string of the molecule is CCOC(=O)c1c(NC(=O)CNc2ccc(N(CC)CC)cc2)sc2c1CCC(C)C2. The lowest BCUT2D eigenvalue weighted by molar-refractivity contribution is -0.114. The average Bonchev–Trinajstić information content (AvgIpc) is 3.11. The summed E-state index contributed by atoms with van der Waals surface area (Å²) in [6, 6.07) is 8.08. The number of esters is 1. The van der Waals surface area contributed by atoms with Gasteiger partial charge in [0.25, 0.3) is 0 Å². The molecule has 1 aliphatic rings. The fourth-order valence-corrected chi connectivity index (χ4v) is 5.41. The zero-order chi connectivity index (χ0) is 22.4. The fourth-order valence-electron chi connectivity index (χ4n) is 3.99. The first-order valence-corrected chi connectivity index (χ1v) is 12.0. The zero-order valence-electron chi connectivity index (χ0n) is 18.9. The van der Waals surface area contributed by atoms with Crippen molar-refractivity contribution < 1.29 is 14.3 Å². The van der Waals surface area contributed by atoms with Gasteiger partial charge in [-0.1, -0.05) is 6.92 Å². The molecule has 1 atom stereocenters. The van der Waals surface area contributed by atoms with Gasteiger partial charge in [-0.3, -0.25) is 4.79 Å². The molecule has 2 N–H and O–H groups in total. The van der Waals surface area contributed by atoms with Gasteiger partial charge in [0.05, 0.1) is 18.7 Å². The van der Waals surface area contributed by atoms with Crippen LogP contribution >= 0.6 is 11.3 Å². The number of carbonyl (C=O) groups excluding carboxylic acids is 2. The molecule has 1 aromatic carbocycles. The minimum Gasteiger partial charge on any atom is -0.462 e. The Balaban J connectivity index is 1.67. The molecule has 6 nitrogen and oxygen atoms in total. The summed E-state index contributed by atoms with van der Waals surface area (Å²) in [5.74, 6) is 0.0699. The molecule has 0 bridgehead atoms. The van der Waals surface area contributed by atoms with E-state index < -0.39 is 0 Å². The van der Waals surface area contributed by atoms with Crippen LogP contribution in [0.1, 0.15) is 54.9 Å². The maximum atomic E-state index is 12.6. The Hall–Kier alpha value is -2.54.